The largest absolute Gasteiger partial charge is 0.414 e. The summed E-state index contributed by atoms with van der Waals surface area (Å²) in [5.74, 6) is 0. The quantitative estimate of drug-likeness (QED) is 0.311. The highest BCUT2D eigenvalue weighted by Gasteiger charge is 2.46. The van der Waals surface area contributed by atoms with E-state index in [4.69, 9.17) is 13.6 Å². The van der Waals surface area contributed by atoms with E-state index in [9.17, 15) is 5.26 Å². The number of hydrogen-bond donors (Lipinski definition) is 0. The summed E-state index contributed by atoms with van der Waals surface area (Å²) >= 11 is 2.17. The van der Waals surface area contributed by atoms with Gasteiger partial charge in [-0.3, -0.25) is 4.57 Å². The van der Waals surface area contributed by atoms with E-state index in [0.29, 0.717) is 12.3 Å². The third-order valence-corrected chi connectivity index (χ3v) is 17.0. The van der Waals surface area contributed by atoms with E-state index in [0.717, 1.165) is 10.1 Å². The molecule has 0 spiro atoms. The van der Waals surface area contributed by atoms with E-state index >= 15 is 0 Å². The average Bonchev–Trinajstić information content (AvgIpc) is 3.13. The number of rotatable bonds is 6. The Morgan fingerprint density at radius 3 is 2.20 bits per heavy atom. The standard InChI is InChI=1S/C21H38IN3O3Si2/c1-20(2,3)29(7,8)26-13-15-11-17(28-30(9,10)21(4,5)6)19(27-15)25-14-24-16(12-23)18(25)22/h14-15,17,19H,11,13H2,1-10H3/t15-,17+,19+/m0/s1. The second-order valence-corrected chi connectivity index (χ2v) is 21.9. The summed E-state index contributed by atoms with van der Waals surface area (Å²) < 4.78 is 22.5. The Balaban J connectivity index is 2.26. The van der Waals surface area contributed by atoms with Gasteiger partial charge in [0.1, 0.15) is 9.77 Å². The van der Waals surface area contributed by atoms with Gasteiger partial charge < -0.3 is 13.6 Å². The molecule has 0 bridgehead atoms. The average molecular weight is 564 g/mol. The van der Waals surface area contributed by atoms with Gasteiger partial charge in [-0.2, -0.15) is 5.26 Å². The van der Waals surface area contributed by atoms with Crippen molar-refractivity contribution in [3.8, 4) is 6.07 Å². The molecule has 6 nitrogen and oxygen atoms in total. The number of aromatic nitrogens is 2. The number of ether oxygens (including phenoxy) is 1. The van der Waals surface area contributed by atoms with Gasteiger partial charge in [-0.15, -0.1) is 0 Å². The molecule has 0 aromatic carbocycles. The molecule has 0 N–H and O–H groups in total. The zero-order valence-electron chi connectivity index (χ0n) is 20.2. The van der Waals surface area contributed by atoms with Crippen LogP contribution in [0.25, 0.3) is 0 Å². The summed E-state index contributed by atoms with van der Waals surface area (Å²) in [7, 11) is -3.86. The van der Waals surface area contributed by atoms with E-state index in [1.54, 1.807) is 6.33 Å². The normalized spacial score (nSPS) is 23.6. The van der Waals surface area contributed by atoms with Gasteiger partial charge in [-0.1, -0.05) is 41.5 Å². The van der Waals surface area contributed by atoms with Gasteiger partial charge >= 0.3 is 0 Å². The fraction of sp³-hybridized carbons (Fsp3) is 0.810. The Hall–Kier alpha value is -0.256. The van der Waals surface area contributed by atoms with Crippen molar-refractivity contribution in [2.75, 3.05) is 6.61 Å². The summed E-state index contributed by atoms with van der Waals surface area (Å²) in [6, 6.07) is 2.15. The van der Waals surface area contributed by atoms with Gasteiger partial charge in [-0.05, 0) is 58.9 Å². The number of imidazole rings is 1. The molecule has 1 aliphatic heterocycles. The molecule has 3 atom stereocenters. The van der Waals surface area contributed by atoms with Crippen LogP contribution < -0.4 is 0 Å². The third-order valence-electron chi connectivity index (χ3n) is 6.95. The molecule has 0 unspecified atom stereocenters. The summed E-state index contributed by atoms with van der Waals surface area (Å²) in [5.41, 5.74) is 0.422. The van der Waals surface area contributed by atoms with Crippen molar-refractivity contribution in [2.45, 2.75) is 103 Å². The SMILES string of the molecule is CC(C)(C)[Si](C)(C)OC[C@@H]1C[C@@H](O[Si](C)(C)C(C)(C)C)[C@H](n2cnc(C#N)c2I)O1. The zero-order valence-corrected chi connectivity index (χ0v) is 24.3. The van der Waals surface area contributed by atoms with Crippen molar-refractivity contribution in [3.63, 3.8) is 0 Å². The van der Waals surface area contributed by atoms with Crippen LogP contribution in [0, 0.1) is 15.0 Å². The Labute approximate surface area is 198 Å². The lowest BCUT2D eigenvalue weighted by molar-refractivity contribution is -0.0475. The second kappa shape index (κ2) is 8.94. The molecule has 170 valence electrons. The van der Waals surface area contributed by atoms with Crippen LogP contribution in [0.5, 0.6) is 0 Å². The Morgan fingerprint density at radius 1 is 1.17 bits per heavy atom. The Bertz CT molecular complexity index is 791. The van der Waals surface area contributed by atoms with Gasteiger partial charge in [0.05, 0.1) is 25.1 Å². The van der Waals surface area contributed by atoms with Crippen molar-refractivity contribution < 1.29 is 13.6 Å². The lowest BCUT2D eigenvalue weighted by Gasteiger charge is -2.39. The third kappa shape index (κ3) is 5.56. The molecule has 0 amide bonds. The van der Waals surface area contributed by atoms with E-state index in [-0.39, 0.29) is 28.5 Å². The molecule has 9 heteroatoms. The monoisotopic (exact) mass is 563 g/mol. The number of hydrogen-bond acceptors (Lipinski definition) is 5. The van der Waals surface area contributed by atoms with E-state index < -0.39 is 16.6 Å². The van der Waals surface area contributed by atoms with Crippen molar-refractivity contribution >= 4 is 39.2 Å². The summed E-state index contributed by atoms with van der Waals surface area (Å²) in [4.78, 5) is 4.25. The summed E-state index contributed by atoms with van der Waals surface area (Å²) in [5, 5.41) is 9.58. The number of nitriles is 1. The molecular formula is C21H38IN3O3Si2. The van der Waals surface area contributed by atoms with Crippen LogP contribution in [0.1, 0.15) is 59.9 Å². The van der Waals surface area contributed by atoms with E-state index in [1.807, 2.05) is 4.57 Å². The Kier molecular flexibility index (Phi) is 7.75. The fourth-order valence-corrected chi connectivity index (χ4v) is 5.86. The van der Waals surface area contributed by atoms with Crippen molar-refractivity contribution in [3.05, 3.63) is 15.7 Å². The van der Waals surface area contributed by atoms with Crippen LogP contribution in [-0.4, -0.2) is 45.0 Å². The highest BCUT2D eigenvalue weighted by Crippen LogP contribution is 2.43. The van der Waals surface area contributed by atoms with Crippen LogP contribution >= 0.6 is 22.6 Å². The van der Waals surface area contributed by atoms with Gasteiger partial charge in [-0.25, -0.2) is 4.98 Å². The number of nitrogens with zero attached hydrogens (tertiary/aromatic N) is 3. The predicted molar refractivity (Wildman–Crippen MR) is 133 cm³/mol. The van der Waals surface area contributed by atoms with E-state index in [2.05, 4.69) is 101 Å². The topological polar surface area (TPSA) is 69.3 Å². The van der Waals surface area contributed by atoms with Crippen LogP contribution in [-0.2, 0) is 13.6 Å². The highest BCUT2D eigenvalue weighted by molar-refractivity contribution is 14.1. The van der Waals surface area contributed by atoms with Crippen LogP contribution in [0.15, 0.2) is 6.33 Å². The van der Waals surface area contributed by atoms with Crippen molar-refractivity contribution in [1.82, 2.24) is 9.55 Å². The molecular weight excluding hydrogens is 525 g/mol. The Morgan fingerprint density at radius 2 is 1.73 bits per heavy atom. The number of halogens is 1. The molecule has 1 fully saturated rings. The first-order chi connectivity index (χ1) is 13.5. The van der Waals surface area contributed by atoms with Crippen LogP contribution in [0.4, 0.5) is 0 Å². The summed E-state index contributed by atoms with van der Waals surface area (Å²) in [6.07, 6.45) is 2.05. The molecule has 2 rings (SSSR count). The van der Waals surface area contributed by atoms with Gasteiger partial charge in [0.15, 0.2) is 28.6 Å². The smallest absolute Gasteiger partial charge is 0.192 e. The lowest BCUT2D eigenvalue weighted by atomic mass is 10.2. The molecule has 0 aliphatic carbocycles. The molecule has 1 aromatic rings. The van der Waals surface area contributed by atoms with Crippen molar-refractivity contribution in [1.29, 1.82) is 5.26 Å². The molecule has 0 saturated carbocycles. The second-order valence-electron chi connectivity index (χ2n) is 11.3. The minimum Gasteiger partial charge on any atom is -0.414 e. The predicted octanol–water partition coefficient (Wildman–Crippen LogP) is 6.06. The molecule has 1 aromatic heterocycles. The minimum absolute atomic E-state index is 0.0392. The first-order valence-electron chi connectivity index (χ1n) is 10.6. The molecule has 1 saturated heterocycles. The minimum atomic E-state index is -2.00. The van der Waals surface area contributed by atoms with Crippen molar-refractivity contribution in [2.24, 2.45) is 0 Å². The molecule has 30 heavy (non-hydrogen) atoms. The van der Waals surface area contributed by atoms with Gasteiger partial charge in [0.2, 0.25) is 0 Å². The highest BCUT2D eigenvalue weighted by atomic mass is 127. The maximum absolute atomic E-state index is 9.32. The van der Waals surface area contributed by atoms with E-state index in [1.165, 1.54) is 0 Å². The maximum atomic E-state index is 9.32. The zero-order chi connectivity index (χ0) is 23.1. The first kappa shape index (κ1) is 26.0. The molecule has 1 aliphatic rings. The van der Waals surface area contributed by atoms with Crippen LogP contribution in [0.2, 0.25) is 36.3 Å². The summed E-state index contributed by atoms with van der Waals surface area (Å²) in [6.45, 7) is 23.1. The van der Waals surface area contributed by atoms with Gasteiger partial charge in [0.25, 0.3) is 0 Å². The molecule has 0 radical (unpaired) electrons. The van der Waals surface area contributed by atoms with Crippen LogP contribution in [0.3, 0.4) is 0 Å². The first-order valence-corrected chi connectivity index (χ1v) is 17.5. The van der Waals surface area contributed by atoms with Gasteiger partial charge in [0, 0.05) is 6.42 Å². The lowest BCUT2D eigenvalue weighted by Crippen LogP contribution is -2.45. The molecule has 2 heterocycles. The fourth-order valence-electron chi connectivity index (χ4n) is 2.85. The maximum Gasteiger partial charge on any atom is 0.192 e.